The molecule has 1 N–H and O–H groups in total. The van der Waals surface area contributed by atoms with Crippen molar-refractivity contribution in [2.75, 3.05) is 13.6 Å². The molecule has 2 rings (SSSR count). The van der Waals surface area contributed by atoms with Gasteiger partial charge in [0, 0.05) is 12.6 Å². The summed E-state index contributed by atoms with van der Waals surface area (Å²) in [6.45, 7) is 20.3. The van der Waals surface area contributed by atoms with Crippen LogP contribution in [0.5, 0.6) is 5.75 Å². The highest BCUT2D eigenvalue weighted by Crippen LogP contribution is 2.27. The summed E-state index contributed by atoms with van der Waals surface area (Å²) < 4.78 is 39.0. The number of ether oxygens (including phenoxy) is 1. The van der Waals surface area contributed by atoms with Crippen LogP contribution in [0.3, 0.4) is 0 Å². The van der Waals surface area contributed by atoms with Crippen LogP contribution in [0.15, 0.2) is 79.0 Å². The molecule has 1 unspecified atom stereocenters. The number of hydrogen-bond acceptors (Lipinski definition) is 4. The molecule has 2 aromatic carbocycles. The predicted molar refractivity (Wildman–Crippen MR) is 163 cm³/mol. The zero-order chi connectivity index (χ0) is 31.2. The maximum atomic E-state index is 12.2. The van der Waals surface area contributed by atoms with E-state index >= 15 is 0 Å². The number of aryl methyl sites for hydroxylation is 1. The van der Waals surface area contributed by atoms with Gasteiger partial charge in [-0.15, -0.1) is 13.2 Å². The maximum Gasteiger partial charge on any atom is 0.573 e. The molecule has 0 bridgehead atoms. The van der Waals surface area contributed by atoms with Crippen LogP contribution in [-0.2, 0) is 16.6 Å². The Balaban J connectivity index is 0.000000502. The predicted octanol–water partition coefficient (Wildman–Crippen LogP) is 8.18. The second-order valence-electron chi connectivity index (χ2n) is 10.9. The fraction of sp³-hybridized carbons (Fsp3) is 0.455. The minimum atomic E-state index is -4.60. The normalized spacial score (nSPS) is 13.5. The van der Waals surface area contributed by atoms with Crippen molar-refractivity contribution in [3.63, 3.8) is 0 Å². The lowest BCUT2D eigenvalue weighted by Crippen LogP contribution is -2.39. The molecule has 2 atom stereocenters. The molecule has 0 fully saturated rings. The summed E-state index contributed by atoms with van der Waals surface area (Å²) >= 11 is 0. The quantitative estimate of drug-likeness (QED) is 0.206. The molecule has 226 valence electrons. The number of ketones is 1. The third-order valence-electron chi connectivity index (χ3n) is 6.65. The Bertz CT molecular complexity index is 1120. The van der Waals surface area contributed by atoms with E-state index in [1.807, 2.05) is 14.0 Å². The van der Waals surface area contributed by atoms with Crippen molar-refractivity contribution in [1.29, 1.82) is 0 Å². The van der Waals surface area contributed by atoms with Crippen LogP contribution in [0.1, 0.15) is 77.1 Å². The molecule has 0 aliphatic heterocycles. The number of alkyl halides is 3. The number of aliphatic imine (C=N–C) groups is 1. The topological polar surface area (TPSA) is 53.9 Å². The van der Waals surface area contributed by atoms with Crippen LogP contribution >= 0.6 is 0 Å². The first-order chi connectivity index (χ1) is 19.1. The second-order valence-corrected chi connectivity index (χ2v) is 10.9. The summed E-state index contributed by atoms with van der Waals surface area (Å²) in [4.78, 5) is 18.8. The summed E-state index contributed by atoms with van der Waals surface area (Å²) in [6, 6.07) is 14.6. The van der Waals surface area contributed by atoms with E-state index < -0.39 is 6.36 Å². The van der Waals surface area contributed by atoms with E-state index in [0.717, 1.165) is 18.4 Å². The first kappa shape index (κ1) is 35.6. The van der Waals surface area contributed by atoms with Gasteiger partial charge in [0.05, 0.1) is 6.04 Å². The fourth-order valence-corrected chi connectivity index (χ4v) is 4.19. The van der Waals surface area contributed by atoms with Gasteiger partial charge >= 0.3 is 6.36 Å². The minimum absolute atomic E-state index is 0.135. The average Bonchev–Trinajstić information content (AvgIpc) is 2.90. The molecule has 8 heteroatoms. The summed E-state index contributed by atoms with van der Waals surface area (Å²) in [5.41, 5.74) is 3.67. The highest BCUT2D eigenvalue weighted by Gasteiger charge is 2.31. The third kappa shape index (κ3) is 13.2. The first-order valence-corrected chi connectivity index (χ1v) is 13.8. The molecule has 0 saturated heterocycles. The van der Waals surface area contributed by atoms with E-state index in [1.165, 1.54) is 23.3 Å². The van der Waals surface area contributed by atoms with Crippen LogP contribution in [0.25, 0.3) is 0 Å². The molecule has 0 amide bonds. The van der Waals surface area contributed by atoms with Crippen molar-refractivity contribution in [2.24, 2.45) is 4.99 Å². The number of Topliss-reactive ketones (excluding diaryl/α,β-unsaturated/α-hetero) is 1. The molecule has 0 radical (unpaired) electrons. The lowest BCUT2D eigenvalue weighted by Gasteiger charge is -2.32. The average molecular weight is 574 g/mol. The number of hydrogen-bond donors (Lipinski definition) is 1. The number of carbonyl (C=O) groups is 1. The maximum absolute atomic E-state index is 12.2. The van der Waals surface area contributed by atoms with Crippen LogP contribution in [-0.4, -0.2) is 42.5 Å². The highest BCUT2D eigenvalue weighted by molar-refractivity contribution is 5.93. The molecule has 0 aliphatic carbocycles. The lowest BCUT2D eigenvalue weighted by atomic mass is 9.86. The highest BCUT2D eigenvalue weighted by atomic mass is 19.4. The first-order valence-electron chi connectivity index (χ1n) is 13.8. The summed E-state index contributed by atoms with van der Waals surface area (Å²) in [5, 5.41) is 2.93. The van der Waals surface area contributed by atoms with Gasteiger partial charge in [-0.2, -0.15) is 0 Å². The van der Waals surface area contributed by atoms with Gasteiger partial charge in [0.15, 0.2) is 0 Å². The fourth-order valence-electron chi connectivity index (χ4n) is 4.19. The van der Waals surface area contributed by atoms with Gasteiger partial charge in [0.25, 0.3) is 0 Å². The zero-order valence-corrected chi connectivity index (χ0v) is 25.5. The van der Waals surface area contributed by atoms with Gasteiger partial charge in [0.2, 0.25) is 0 Å². The molecule has 0 spiro atoms. The molecule has 0 heterocycles. The van der Waals surface area contributed by atoms with Gasteiger partial charge < -0.3 is 10.1 Å². The van der Waals surface area contributed by atoms with Gasteiger partial charge in [-0.1, -0.05) is 83.7 Å². The van der Waals surface area contributed by atoms with E-state index in [1.54, 1.807) is 31.3 Å². The molecular weight excluding hydrogens is 527 g/mol. The summed E-state index contributed by atoms with van der Waals surface area (Å²) in [5.74, 6) is 0.654. The van der Waals surface area contributed by atoms with Crippen molar-refractivity contribution in [3.8, 4) is 5.75 Å². The van der Waals surface area contributed by atoms with Crippen LogP contribution < -0.4 is 10.1 Å². The number of amidine groups is 1. The molecule has 41 heavy (non-hydrogen) atoms. The summed E-state index contributed by atoms with van der Waals surface area (Å²) in [6.07, 6.45) is 1.11. The molecule has 0 aliphatic rings. The van der Waals surface area contributed by atoms with Crippen LogP contribution in [0.2, 0.25) is 0 Å². The van der Waals surface area contributed by atoms with Gasteiger partial charge in [0.1, 0.15) is 17.4 Å². The van der Waals surface area contributed by atoms with E-state index in [0.29, 0.717) is 18.8 Å². The number of nitrogens with zero attached hydrogens (tertiary/aromatic N) is 2. The van der Waals surface area contributed by atoms with Crippen LogP contribution in [0, 0.1) is 0 Å². The third-order valence-corrected chi connectivity index (χ3v) is 6.65. The minimum Gasteiger partial charge on any atom is -0.406 e. The second kappa shape index (κ2) is 16.8. The van der Waals surface area contributed by atoms with Gasteiger partial charge in [-0.3, -0.25) is 14.7 Å². The SMILES string of the molecule is C=CNC(C=C)=NCC[C@@H](C(C)=O)N(C)C(C)c1ccc(C(C)(C)C)cc1.CCCc1ccc(OC(F)(F)F)cc1. The number of rotatable bonds is 12. The van der Waals surface area contributed by atoms with E-state index in [4.69, 9.17) is 0 Å². The Kier molecular flexibility index (Phi) is 14.6. The monoisotopic (exact) mass is 573 g/mol. The molecule has 2 aromatic rings. The standard InChI is InChI=1S/C23H35N3O.C10H11F3O/c1-9-22(24-10-2)25-16-15-21(18(4)27)26(8)17(3)19-11-13-20(14-12-19)23(5,6)7;1-2-3-8-4-6-9(7-5-8)14-10(11,12)13/h9-14,17,21H,1-2,15-16H2,3-8H3,(H,24,25);4-7H,2-3H2,1H3/t17?,21-;/m0./s1. The number of carbonyl (C=O) groups excluding carboxylic acids is 1. The van der Waals surface area contributed by atoms with E-state index in [2.05, 4.69) is 85.1 Å². The van der Waals surface area contributed by atoms with Crippen molar-refractivity contribution >= 4 is 11.6 Å². The number of likely N-dealkylation sites (N-methyl/N-ethyl adjacent to an activating group) is 1. The van der Waals surface area contributed by atoms with Crippen molar-refractivity contribution < 1.29 is 22.7 Å². The Morgan fingerprint density at radius 2 is 1.66 bits per heavy atom. The van der Waals surface area contributed by atoms with E-state index in [9.17, 15) is 18.0 Å². The molecular formula is C33H46F3N3O2. The van der Waals surface area contributed by atoms with Crippen LogP contribution in [0.4, 0.5) is 13.2 Å². The van der Waals surface area contributed by atoms with Crippen molar-refractivity contribution in [3.05, 3.63) is 90.7 Å². The number of halogens is 3. The lowest BCUT2D eigenvalue weighted by molar-refractivity contribution is -0.274. The van der Waals surface area contributed by atoms with Crippen molar-refractivity contribution in [1.82, 2.24) is 10.2 Å². The smallest absolute Gasteiger partial charge is 0.406 e. The Hall–Kier alpha value is -3.39. The molecule has 5 nitrogen and oxygen atoms in total. The zero-order valence-electron chi connectivity index (χ0n) is 25.5. The molecule has 0 saturated carbocycles. The number of nitrogens with one attached hydrogen (secondary N) is 1. The van der Waals surface area contributed by atoms with Crippen molar-refractivity contribution in [2.45, 2.75) is 84.7 Å². The number of benzene rings is 2. The molecule has 0 aromatic heterocycles. The Labute approximate surface area is 244 Å². The van der Waals surface area contributed by atoms with Gasteiger partial charge in [-0.05, 0) is 80.3 Å². The van der Waals surface area contributed by atoms with E-state index in [-0.39, 0.29) is 29.0 Å². The van der Waals surface area contributed by atoms with Gasteiger partial charge in [-0.25, -0.2) is 0 Å². The summed E-state index contributed by atoms with van der Waals surface area (Å²) in [7, 11) is 2.01. The Morgan fingerprint density at radius 1 is 1.07 bits per heavy atom. The Morgan fingerprint density at radius 3 is 2.10 bits per heavy atom. The largest absolute Gasteiger partial charge is 0.573 e.